The minimum Gasteiger partial charge on any atom is -0.272 e. The number of aromatic nitrogens is 2. The second-order valence-corrected chi connectivity index (χ2v) is 3.15. The summed E-state index contributed by atoms with van der Waals surface area (Å²) in [5.41, 5.74) is 0. The van der Waals surface area contributed by atoms with Gasteiger partial charge in [0.05, 0.1) is 0 Å². The van der Waals surface area contributed by atoms with E-state index in [0.29, 0.717) is 0 Å². The molecule has 1 rings (SSSR count). The van der Waals surface area contributed by atoms with Gasteiger partial charge in [-0.05, 0) is 11.6 Å². The molecule has 64 valence electrons. The van der Waals surface area contributed by atoms with E-state index in [9.17, 15) is 4.79 Å². The van der Waals surface area contributed by atoms with Gasteiger partial charge in [-0.15, -0.1) is 0 Å². The summed E-state index contributed by atoms with van der Waals surface area (Å²) in [6, 6.07) is 0. The summed E-state index contributed by atoms with van der Waals surface area (Å²) in [4.78, 5) is 17.5. The van der Waals surface area contributed by atoms with Crippen LogP contribution in [0.15, 0.2) is 0 Å². The zero-order chi connectivity index (χ0) is 9.30. The largest absolute Gasteiger partial charge is 0.289 e. The normalized spacial score (nSPS) is 10.0. The molecule has 0 unspecified atom stereocenters. The van der Waals surface area contributed by atoms with Gasteiger partial charge in [-0.1, -0.05) is 34.8 Å². The summed E-state index contributed by atoms with van der Waals surface area (Å²) in [5.74, 6) is -0.268. The lowest BCUT2D eigenvalue weighted by molar-refractivity contribution is 0.107. The molecule has 0 saturated carbocycles. The maximum Gasteiger partial charge on any atom is 0.289 e. The van der Waals surface area contributed by atoms with Crippen molar-refractivity contribution in [3.05, 3.63) is 21.2 Å². The van der Waals surface area contributed by atoms with Gasteiger partial charge in [0, 0.05) is 0 Å². The average Bonchev–Trinajstić information content (AvgIpc) is 1.99. The first-order valence-electron chi connectivity index (χ1n) is 2.60. The molecule has 0 aromatic carbocycles. The molecule has 0 atom stereocenters. The Labute approximate surface area is 87.6 Å². The lowest BCUT2D eigenvalue weighted by atomic mass is 10.6. The second kappa shape index (κ2) is 3.75. The summed E-state index contributed by atoms with van der Waals surface area (Å²) < 4.78 is 0. The highest BCUT2D eigenvalue weighted by molar-refractivity contribution is 6.67. The third-order valence-corrected chi connectivity index (χ3v) is 2.21. The van der Waals surface area contributed by atoms with Gasteiger partial charge in [0.15, 0.2) is 10.3 Å². The summed E-state index contributed by atoms with van der Waals surface area (Å²) in [6.45, 7) is 0. The molecule has 0 aliphatic carbocycles. The van der Waals surface area contributed by atoms with Crippen LogP contribution in [0.4, 0.5) is 0 Å². The minimum absolute atomic E-state index is 0.000000000000000444. The fraction of sp³-hybridized carbons (Fsp3) is 0. The molecule has 1 aromatic rings. The molecule has 0 aliphatic heterocycles. The van der Waals surface area contributed by atoms with Crippen molar-refractivity contribution in [3.8, 4) is 0 Å². The number of halogens is 4. The Morgan fingerprint density at radius 2 is 1.50 bits per heavy atom. The third kappa shape index (κ3) is 1.98. The summed E-state index contributed by atoms with van der Waals surface area (Å²) >= 11 is 21.6. The van der Waals surface area contributed by atoms with Crippen LogP contribution in [0, 0.1) is 0 Å². The van der Waals surface area contributed by atoms with Crippen LogP contribution in [0.2, 0.25) is 15.3 Å². The summed E-state index contributed by atoms with van der Waals surface area (Å²) in [7, 11) is 0. The zero-order valence-corrected chi connectivity index (χ0v) is 8.34. The van der Waals surface area contributed by atoms with Crippen LogP contribution in [-0.2, 0) is 0 Å². The molecule has 0 amide bonds. The first kappa shape index (κ1) is 9.99. The smallest absolute Gasteiger partial charge is 0.272 e. The Balaban J connectivity index is 3.31. The number of hydrogen-bond donors (Lipinski definition) is 0. The van der Waals surface area contributed by atoms with Crippen LogP contribution in [0.5, 0.6) is 0 Å². The molecule has 0 fully saturated rings. The van der Waals surface area contributed by atoms with Crippen LogP contribution < -0.4 is 0 Å². The van der Waals surface area contributed by atoms with Crippen molar-refractivity contribution in [2.75, 3.05) is 0 Å². The first-order chi connectivity index (χ1) is 5.52. The van der Waals surface area contributed by atoms with Crippen molar-refractivity contribution in [1.29, 1.82) is 0 Å². The van der Waals surface area contributed by atoms with Crippen LogP contribution >= 0.6 is 46.4 Å². The molecule has 0 saturated heterocycles. The quantitative estimate of drug-likeness (QED) is 0.565. The molecule has 0 N–H and O–H groups in total. The third-order valence-electron chi connectivity index (χ3n) is 0.946. The van der Waals surface area contributed by atoms with E-state index in [2.05, 4.69) is 9.97 Å². The van der Waals surface area contributed by atoms with E-state index < -0.39 is 5.24 Å². The van der Waals surface area contributed by atoms with Gasteiger partial charge in [0.1, 0.15) is 5.02 Å². The summed E-state index contributed by atoms with van der Waals surface area (Å²) in [5, 5.41) is -1.03. The van der Waals surface area contributed by atoms with E-state index in [-0.39, 0.29) is 21.2 Å². The Hall–Kier alpha value is -0.0900. The highest BCUT2D eigenvalue weighted by Gasteiger charge is 2.12. The van der Waals surface area contributed by atoms with Crippen LogP contribution in [0.1, 0.15) is 10.6 Å². The fourth-order valence-electron chi connectivity index (χ4n) is 0.482. The molecule has 12 heavy (non-hydrogen) atoms. The number of nitrogens with zero attached hydrogens (tertiary/aromatic N) is 2. The van der Waals surface area contributed by atoms with E-state index >= 15 is 0 Å². The van der Waals surface area contributed by atoms with E-state index in [1.165, 1.54) is 0 Å². The molecular formula is C5Cl4N2O. The van der Waals surface area contributed by atoms with Gasteiger partial charge in [-0.25, -0.2) is 9.97 Å². The zero-order valence-electron chi connectivity index (χ0n) is 5.31. The molecule has 1 heterocycles. The topological polar surface area (TPSA) is 42.9 Å². The molecule has 3 nitrogen and oxygen atoms in total. The standard InChI is InChI=1S/C5Cl4N2O/c6-1-2(7)10-5(4(9)12)11-3(1)8. The predicted molar refractivity (Wildman–Crippen MR) is 47.2 cm³/mol. The summed E-state index contributed by atoms with van der Waals surface area (Å²) in [6.07, 6.45) is 0. The van der Waals surface area contributed by atoms with E-state index in [4.69, 9.17) is 46.4 Å². The SMILES string of the molecule is O=C(Cl)c1nc(Cl)c(Cl)c(Cl)n1. The van der Waals surface area contributed by atoms with Crippen molar-refractivity contribution >= 4 is 51.6 Å². The Morgan fingerprint density at radius 3 is 1.83 bits per heavy atom. The Bertz CT molecular complexity index is 317. The van der Waals surface area contributed by atoms with Gasteiger partial charge in [-0.2, -0.15) is 0 Å². The van der Waals surface area contributed by atoms with E-state index in [1.807, 2.05) is 0 Å². The molecule has 7 heteroatoms. The van der Waals surface area contributed by atoms with Crippen molar-refractivity contribution in [3.63, 3.8) is 0 Å². The predicted octanol–water partition coefficient (Wildman–Crippen LogP) is 2.82. The van der Waals surface area contributed by atoms with Crippen LogP contribution in [0.25, 0.3) is 0 Å². The van der Waals surface area contributed by atoms with Crippen LogP contribution in [0.3, 0.4) is 0 Å². The van der Waals surface area contributed by atoms with Gasteiger partial charge < -0.3 is 0 Å². The molecular weight excluding hydrogens is 246 g/mol. The lowest BCUT2D eigenvalue weighted by Gasteiger charge is -1.98. The van der Waals surface area contributed by atoms with Crippen molar-refractivity contribution in [1.82, 2.24) is 9.97 Å². The maximum atomic E-state index is 10.5. The molecule has 0 spiro atoms. The number of hydrogen-bond acceptors (Lipinski definition) is 3. The highest BCUT2D eigenvalue weighted by Crippen LogP contribution is 2.26. The maximum absolute atomic E-state index is 10.5. The van der Waals surface area contributed by atoms with Crippen LogP contribution in [-0.4, -0.2) is 15.2 Å². The van der Waals surface area contributed by atoms with Gasteiger partial charge >= 0.3 is 0 Å². The average molecular weight is 246 g/mol. The monoisotopic (exact) mass is 244 g/mol. The Morgan fingerprint density at radius 1 is 1.08 bits per heavy atom. The second-order valence-electron chi connectivity index (χ2n) is 1.72. The van der Waals surface area contributed by atoms with Gasteiger partial charge in [0.2, 0.25) is 5.82 Å². The minimum atomic E-state index is -0.838. The lowest BCUT2D eigenvalue weighted by Crippen LogP contribution is -1.99. The van der Waals surface area contributed by atoms with E-state index in [0.717, 1.165) is 0 Å². The number of rotatable bonds is 1. The van der Waals surface area contributed by atoms with Crippen molar-refractivity contribution < 1.29 is 4.79 Å². The highest BCUT2D eigenvalue weighted by atomic mass is 35.5. The van der Waals surface area contributed by atoms with Crippen molar-refractivity contribution in [2.24, 2.45) is 0 Å². The molecule has 0 bridgehead atoms. The molecule has 0 radical (unpaired) electrons. The van der Waals surface area contributed by atoms with E-state index in [1.54, 1.807) is 0 Å². The fourth-order valence-corrected chi connectivity index (χ4v) is 1.04. The van der Waals surface area contributed by atoms with Gasteiger partial charge in [-0.3, -0.25) is 4.79 Å². The number of carbonyl (C=O) groups is 1. The Kier molecular flexibility index (Phi) is 3.12. The molecule has 0 aliphatic rings. The number of carbonyl (C=O) groups excluding carboxylic acids is 1. The van der Waals surface area contributed by atoms with Crippen molar-refractivity contribution in [2.45, 2.75) is 0 Å². The van der Waals surface area contributed by atoms with Gasteiger partial charge in [0.25, 0.3) is 5.24 Å². The first-order valence-corrected chi connectivity index (χ1v) is 4.12. The molecule has 1 aromatic heterocycles.